The first-order valence-corrected chi connectivity index (χ1v) is 12.4. The topological polar surface area (TPSA) is 121 Å². The summed E-state index contributed by atoms with van der Waals surface area (Å²) < 4.78 is 40.8. The lowest BCUT2D eigenvalue weighted by molar-refractivity contribution is -0.114. The third kappa shape index (κ3) is 4.53. The summed E-state index contributed by atoms with van der Waals surface area (Å²) in [5, 5.41) is 3.03. The molecule has 0 spiro atoms. The lowest BCUT2D eigenvalue weighted by atomic mass is 9.86. The molecule has 2 N–H and O–H groups in total. The fourth-order valence-corrected chi connectivity index (χ4v) is 6.78. The molecule has 1 amide bonds. The molecule has 13 heteroatoms. The molecule has 0 aliphatic carbocycles. The second-order valence-corrected chi connectivity index (χ2v) is 11.1. The van der Waals surface area contributed by atoms with Crippen LogP contribution in [-0.4, -0.2) is 51.7 Å². The van der Waals surface area contributed by atoms with Gasteiger partial charge in [-0.15, -0.1) is 0 Å². The van der Waals surface area contributed by atoms with Crippen LogP contribution in [-0.2, 0) is 14.8 Å². The summed E-state index contributed by atoms with van der Waals surface area (Å²) in [6.45, 7) is 3.87. The molecule has 9 nitrogen and oxygen atoms in total. The Bertz CT molecular complexity index is 1240. The minimum atomic E-state index is -3.73. The van der Waals surface area contributed by atoms with Crippen molar-refractivity contribution in [3.63, 3.8) is 0 Å². The number of rotatable bonds is 5. The Labute approximate surface area is 193 Å². The third-order valence-corrected chi connectivity index (χ3v) is 8.76. The fraction of sp³-hybridized carbons (Fsp3) is 0.368. The molecule has 3 aromatic heterocycles. The van der Waals surface area contributed by atoms with Crippen LogP contribution in [0.3, 0.4) is 0 Å². The first-order chi connectivity index (χ1) is 15.1. The predicted molar refractivity (Wildman–Crippen MR) is 118 cm³/mol. The number of pyridine rings is 1. The molecule has 2 atom stereocenters. The van der Waals surface area contributed by atoms with Gasteiger partial charge in [0.15, 0.2) is 20.3 Å². The molecule has 1 saturated heterocycles. The largest absolute Gasteiger partial charge is 0.339 e. The fourth-order valence-electron chi connectivity index (χ4n) is 3.72. The van der Waals surface area contributed by atoms with Gasteiger partial charge in [-0.1, -0.05) is 29.9 Å². The number of hydrogen-bond acceptors (Lipinski definition) is 7. The molecular weight excluding hydrogens is 479 g/mol. The van der Waals surface area contributed by atoms with Crippen molar-refractivity contribution in [3.8, 4) is 11.5 Å². The molecule has 1 fully saturated rings. The lowest BCUT2D eigenvalue weighted by Crippen LogP contribution is -2.42. The van der Waals surface area contributed by atoms with E-state index in [1.807, 2.05) is 6.92 Å². The van der Waals surface area contributed by atoms with Gasteiger partial charge in [0.05, 0.1) is 18.1 Å². The van der Waals surface area contributed by atoms with Crippen LogP contribution in [0.1, 0.15) is 31.9 Å². The molecule has 32 heavy (non-hydrogen) atoms. The van der Waals surface area contributed by atoms with E-state index in [1.165, 1.54) is 29.6 Å². The van der Waals surface area contributed by atoms with Gasteiger partial charge in [0, 0.05) is 25.9 Å². The summed E-state index contributed by atoms with van der Waals surface area (Å²) in [6.07, 6.45) is 2.90. The number of nitrogens with zero attached hydrogens (tertiary/aromatic N) is 4. The summed E-state index contributed by atoms with van der Waals surface area (Å²) in [6, 6.07) is 2.80. The van der Waals surface area contributed by atoms with Crippen molar-refractivity contribution in [2.24, 2.45) is 5.92 Å². The number of aromatic amines is 1. The van der Waals surface area contributed by atoms with Crippen molar-refractivity contribution in [2.45, 2.75) is 30.4 Å². The zero-order valence-electron chi connectivity index (χ0n) is 17.2. The average Bonchev–Trinajstić information content (AvgIpc) is 3.35. The molecule has 170 valence electrons. The molecular formula is C19H20ClFN6O3S2. The first-order valence-electron chi connectivity index (χ1n) is 9.76. The maximum Gasteiger partial charge on any atom is 0.254 e. The van der Waals surface area contributed by atoms with Crippen molar-refractivity contribution < 1.29 is 17.6 Å². The van der Waals surface area contributed by atoms with Crippen molar-refractivity contribution in [3.05, 3.63) is 41.2 Å². The van der Waals surface area contributed by atoms with E-state index in [1.54, 1.807) is 0 Å². The molecule has 1 aliphatic rings. The van der Waals surface area contributed by atoms with Gasteiger partial charge >= 0.3 is 0 Å². The maximum atomic E-state index is 13.1. The minimum absolute atomic E-state index is 0.0351. The Morgan fingerprint density at radius 2 is 2.12 bits per heavy atom. The van der Waals surface area contributed by atoms with Crippen molar-refractivity contribution in [1.82, 2.24) is 24.2 Å². The Balaban J connectivity index is 1.50. The van der Waals surface area contributed by atoms with Gasteiger partial charge in [-0.2, -0.15) is 4.31 Å². The molecule has 0 bridgehead atoms. The van der Waals surface area contributed by atoms with E-state index in [-0.39, 0.29) is 27.1 Å². The molecule has 0 aromatic carbocycles. The summed E-state index contributed by atoms with van der Waals surface area (Å²) in [4.78, 5) is 26.7. The van der Waals surface area contributed by atoms with Crippen LogP contribution < -0.4 is 5.32 Å². The van der Waals surface area contributed by atoms with Crippen LogP contribution in [0.15, 0.2) is 28.7 Å². The van der Waals surface area contributed by atoms with Crippen LogP contribution in [0, 0.1) is 11.7 Å². The molecule has 0 unspecified atom stereocenters. The number of amides is 1. The Hall–Kier alpha value is -2.41. The van der Waals surface area contributed by atoms with E-state index < -0.39 is 15.8 Å². The standard InChI is InChI=1S/C19H20ClFN6O3S2/c1-10-9-27(32(29,30)15-8-23-19(31-15)24-11(2)28)6-5-13(10)16-17(20)26-18(25-16)14-4-3-12(21)7-22-14/h3-4,7-8,10,13H,5-6,9H2,1-2H3,(H,25,26)(H,23,24,28)/t10-,13+/m0/s1. The Kier molecular flexibility index (Phi) is 6.30. The minimum Gasteiger partial charge on any atom is -0.339 e. The molecule has 4 heterocycles. The number of halogens is 2. The summed E-state index contributed by atoms with van der Waals surface area (Å²) in [7, 11) is -3.73. The Morgan fingerprint density at radius 3 is 2.78 bits per heavy atom. The van der Waals surface area contributed by atoms with E-state index in [9.17, 15) is 17.6 Å². The number of carbonyl (C=O) groups is 1. The van der Waals surface area contributed by atoms with Gasteiger partial charge < -0.3 is 10.3 Å². The second kappa shape index (κ2) is 8.85. The quantitative estimate of drug-likeness (QED) is 0.555. The van der Waals surface area contributed by atoms with Crippen LogP contribution >= 0.6 is 22.9 Å². The third-order valence-electron chi connectivity index (χ3n) is 5.26. The van der Waals surface area contributed by atoms with E-state index in [4.69, 9.17) is 11.6 Å². The molecule has 4 rings (SSSR count). The number of hydrogen-bond donors (Lipinski definition) is 2. The highest BCUT2D eigenvalue weighted by atomic mass is 35.5. The van der Waals surface area contributed by atoms with Crippen molar-refractivity contribution in [1.29, 1.82) is 0 Å². The van der Waals surface area contributed by atoms with Gasteiger partial charge in [-0.05, 0) is 24.5 Å². The van der Waals surface area contributed by atoms with E-state index in [2.05, 4.69) is 25.3 Å². The zero-order valence-corrected chi connectivity index (χ0v) is 19.6. The highest BCUT2D eigenvalue weighted by molar-refractivity contribution is 7.91. The predicted octanol–water partition coefficient (Wildman–Crippen LogP) is 3.49. The van der Waals surface area contributed by atoms with Gasteiger partial charge in [-0.25, -0.2) is 27.8 Å². The number of anilines is 1. The smallest absolute Gasteiger partial charge is 0.254 e. The van der Waals surface area contributed by atoms with Crippen LogP contribution in [0.4, 0.5) is 9.52 Å². The number of nitrogens with one attached hydrogen (secondary N) is 2. The molecule has 1 aliphatic heterocycles. The lowest BCUT2D eigenvalue weighted by Gasteiger charge is -2.35. The number of H-pyrrole nitrogens is 1. The van der Waals surface area contributed by atoms with Crippen molar-refractivity contribution in [2.75, 3.05) is 18.4 Å². The molecule has 0 radical (unpaired) electrons. The summed E-state index contributed by atoms with van der Waals surface area (Å²) in [5.41, 5.74) is 1.18. The highest BCUT2D eigenvalue weighted by Crippen LogP contribution is 2.38. The summed E-state index contributed by atoms with van der Waals surface area (Å²) >= 11 is 7.30. The van der Waals surface area contributed by atoms with Crippen LogP contribution in [0.2, 0.25) is 5.15 Å². The van der Waals surface area contributed by atoms with Crippen molar-refractivity contribution >= 4 is 44.0 Å². The number of thiazole rings is 1. The molecule has 3 aromatic rings. The number of imidazole rings is 1. The SMILES string of the molecule is CC(=O)Nc1ncc(S(=O)(=O)N2CC[C@@H](c3[nH]c(-c4ccc(F)cn4)nc3Cl)[C@@H](C)C2)s1. The maximum absolute atomic E-state index is 13.1. The number of piperidine rings is 1. The normalized spacial score (nSPS) is 19.8. The highest BCUT2D eigenvalue weighted by Gasteiger charge is 2.37. The average molecular weight is 499 g/mol. The zero-order chi connectivity index (χ0) is 23.0. The van der Waals surface area contributed by atoms with Gasteiger partial charge in [0.1, 0.15) is 11.5 Å². The van der Waals surface area contributed by atoms with E-state index in [0.29, 0.717) is 41.9 Å². The number of sulfonamides is 1. The van der Waals surface area contributed by atoms with E-state index >= 15 is 0 Å². The van der Waals surface area contributed by atoms with Gasteiger partial charge in [0.25, 0.3) is 10.0 Å². The Morgan fingerprint density at radius 1 is 1.34 bits per heavy atom. The van der Waals surface area contributed by atoms with E-state index in [0.717, 1.165) is 17.5 Å². The van der Waals surface area contributed by atoms with Crippen LogP contribution in [0.5, 0.6) is 0 Å². The second-order valence-electron chi connectivity index (χ2n) is 7.55. The first kappa shape index (κ1) is 22.8. The van der Waals surface area contributed by atoms with Gasteiger partial charge in [0.2, 0.25) is 5.91 Å². The van der Waals surface area contributed by atoms with Gasteiger partial charge in [-0.3, -0.25) is 4.79 Å². The monoisotopic (exact) mass is 498 g/mol. The number of aromatic nitrogens is 4. The van der Waals surface area contributed by atoms with Crippen LogP contribution in [0.25, 0.3) is 11.5 Å². The summed E-state index contributed by atoms with van der Waals surface area (Å²) in [5.74, 6) is -0.411. The molecule has 0 saturated carbocycles. The number of carbonyl (C=O) groups excluding carboxylic acids is 1.